The van der Waals surface area contributed by atoms with E-state index in [4.69, 9.17) is 15.7 Å². The van der Waals surface area contributed by atoms with E-state index in [1.807, 2.05) is 6.92 Å². The van der Waals surface area contributed by atoms with Gasteiger partial charge in [-0.1, -0.05) is 25.4 Å². The van der Waals surface area contributed by atoms with E-state index in [0.29, 0.717) is 6.42 Å². The molecule has 0 aromatic rings. The highest BCUT2D eigenvalue weighted by Crippen LogP contribution is 2.04. The predicted octanol–water partition coefficient (Wildman–Crippen LogP) is 1.72. The van der Waals surface area contributed by atoms with Crippen molar-refractivity contribution in [1.29, 1.82) is 0 Å². The van der Waals surface area contributed by atoms with Gasteiger partial charge in [-0.2, -0.15) is 0 Å². The Morgan fingerprint density at radius 1 is 1.54 bits per heavy atom. The number of nitrogens with two attached hydrogens (primary N) is 1. The molecule has 4 heteroatoms. The number of ether oxygens (including phenoxy) is 1. The van der Waals surface area contributed by atoms with E-state index in [0.717, 1.165) is 25.9 Å². The van der Waals surface area contributed by atoms with E-state index in [1.165, 1.54) is 0 Å². The van der Waals surface area contributed by atoms with Crippen LogP contribution < -0.4 is 5.73 Å². The largest absolute Gasteiger partial charge is 0.409 e. The van der Waals surface area contributed by atoms with Crippen LogP contribution in [0.2, 0.25) is 0 Å². The van der Waals surface area contributed by atoms with Crippen LogP contribution in [0.4, 0.5) is 0 Å². The molecule has 78 valence electrons. The molecule has 0 aliphatic carbocycles. The molecule has 0 aromatic heterocycles. The van der Waals surface area contributed by atoms with Crippen molar-refractivity contribution >= 4 is 5.84 Å². The summed E-state index contributed by atoms with van der Waals surface area (Å²) in [6, 6.07) is 0. The molecule has 0 heterocycles. The molecule has 0 aromatic carbocycles. The quantitative estimate of drug-likeness (QED) is 0.210. The first-order valence-electron chi connectivity index (χ1n) is 4.82. The molecule has 0 saturated carbocycles. The van der Waals surface area contributed by atoms with Gasteiger partial charge >= 0.3 is 0 Å². The number of hydrogen-bond donors (Lipinski definition) is 2. The number of nitrogens with zero attached hydrogens (tertiary/aromatic N) is 1. The van der Waals surface area contributed by atoms with Crippen molar-refractivity contribution in [1.82, 2.24) is 0 Å². The lowest BCUT2D eigenvalue weighted by Gasteiger charge is -2.14. The molecule has 1 atom stereocenters. The number of oxime groups is 1. The third-order valence-corrected chi connectivity index (χ3v) is 1.87. The zero-order valence-corrected chi connectivity index (χ0v) is 8.49. The monoisotopic (exact) mass is 188 g/mol. The van der Waals surface area contributed by atoms with E-state index in [1.54, 1.807) is 0 Å². The maximum Gasteiger partial charge on any atom is 0.141 e. The summed E-state index contributed by atoms with van der Waals surface area (Å²) in [6.45, 7) is 4.91. The fraction of sp³-hybridized carbons (Fsp3) is 0.889. The lowest BCUT2D eigenvalue weighted by atomic mass is 10.2. The predicted molar refractivity (Wildman–Crippen MR) is 53.0 cm³/mol. The summed E-state index contributed by atoms with van der Waals surface area (Å²) < 4.78 is 5.53. The Morgan fingerprint density at radius 2 is 2.23 bits per heavy atom. The Hall–Kier alpha value is -0.770. The topological polar surface area (TPSA) is 67.8 Å². The van der Waals surface area contributed by atoms with Crippen LogP contribution in [0.25, 0.3) is 0 Å². The highest BCUT2D eigenvalue weighted by Gasteiger charge is 2.08. The van der Waals surface area contributed by atoms with Crippen molar-refractivity contribution in [3.05, 3.63) is 0 Å². The van der Waals surface area contributed by atoms with Crippen molar-refractivity contribution in [3.63, 3.8) is 0 Å². The molecular weight excluding hydrogens is 168 g/mol. The molecule has 13 heavy (non-hydrogen) atoms. The fourth-order valence-corrected chi connectivity index (χ4v) is 0.990. The second kappa shape index (κ2) is 7.86. The van der Waals surface area contributed by atoms with Crippen LogP contribution in [-0.4, -0.2) is 23.8 Å². The van der Waals surface area contributed by atoms with E-state index in [9.17, 15) is 0 Å². The van der Waals surface area contributed by atoms with Gasteiger partial charge in [-0.05, 0) is 12.8 Å². The summed E-state index contributed by atoms with van der Waals surface area (Å²) in [5, 5.41) is 11.3. The molecule has 0 fully saturated rings. The Morgan fingerprint density at radius 3 is 2.69 bits per heavy atom. The van der Waals surface area contributed by atoms with Gasteiger partial charge in [0, 0.05) is 13.0 Å². The summed E-state index contributed by atoms with van der Waals surface area (Å²) >= 11 is 0. The van der Waals surface area contributed by atoms with Crippen LogP contribution in [0.5, 0.6) is 0 Å². The number of rotatable bonds is 7. The van der Waals surface area contributed by atoms with Gasteiger partial charge in [0.15, 0.2) is 0 Å². The molecule has 0 aliphatic rings. The third-order valence-electron chi connectivity index (χ3n) is 1.87. The van der Waals surface area contributed by atoms with Crippen molar-refractivity contribution < 1.29 is 9.94 Å². The minimum absolute atomic E-state index is 0.0856. The second-order valence-corrected chi connectivity index (χ2v) is 3.05. The maximum absolute atomic E-state index is 8.36. The third kappa shape index (κ3) is 6.40. The molecule has 0 bridgehead atoms. The van der Waals surface area contributed by atoms with Gasteiger partial charge in [0.05, 0.1) is 6.10 Å². The maximum atomic E-state index is 8.36. The van der Waals surface area contributed by atoms with Gasteiger partial charge in [-0.15, -0.1) is 0 Å². The summed E-state index contributed by atoms with van der Waals surface area (Å²) in [7, 11) is 0. The van der Waals surface area contributed by atoms with Crippen molar-refractivity contribution in [2.45, 2.75) is 45.6 Å². The molecule has 0 amide bonds. The molecule has 0 spiro atoms. The summed E-state index contributed by atoms with van der Waals surface area (Å²) in [6.07, 6.45) is 3.67. The van der Waals surface area contributed by atoms with Crippen LogP contribution >= 0.6 is 0 Å². The Bertz CT molecular complexity index is 149. The molecule has 0 rings (SSSR count). The normalized spacial score (nSPS) is 14.5. The number of amidine groups is 1. The summed E-state index contributed by atoms with van der Waals surface area (Å²) in [4.78, 5) is 0. The first kappa shape index (κ1) is 12.2. The zero-order chi connectivity index (χ0) is 10.1. The molecule has 3 N–H and O–H groups in total. The highest BCUT2D eigenvalue weighted by molar-refractivity contribution is 5.80. The first-order valence-corrected chi connectivity index (χ1v) is 4.82. The van der Waals surface area contributed by atoms with E-state index >= 15 is 0 Å². The zero-order valence-electron chi connectivity index (χ0n) is 8.49. The van der Waals surface area contributed by atoms with Crippen molar-refractivity contribution in [2.24, 2.45) is 10.9 Å². The van der Waals surface area contributed by atoms with Crippen LogP contribution in [0, 0.1) is 0 Å². The van der Waals surface area contributed by atoms with Crippen LogP contribution in [0.3, 0.4) is 0 Å². The standard InChI is InChI=1S/C9H20N2O2/c1-3-5-6-13-8(4-2)7-9(10)11-12/h8,12H,3-7H2,1-2H3,(H2,10,11). The van der Waals surface area contributed by atoms with Crippen molar-refractivity contribution in [3.8, 4) is 0 Å². The first-order chi connectivity index (χ1) is 6.24. The van der Waals surface area contributed by atoms with Crippen molar-refractivity contribution in [2.75, 3.05) is 6.61 Å². The number of unbranched alkanes of at least 4 members (excludes halogenated alkanes) is 1. The van der Waals surface area contributed by atoms with Crippen LogP contribution in [-0.2, 0) is 4.74 Å². The fourth-order valence-electron chi connectivity index (χ4n) is 0.990. The average Bonchev–Trinajstić information content (AvgIpc) is 2.16. The molecular formula is C9H20N2O2. The minimum Gasteiger partial charge on any atom is -0.409 e. The van der Waals surface area contributed by atoms with Gasteiger partial charge in [-0.3, -0.25) is 0 Å². The molecule has 1 unspecified atom stereocenters. The van der Waals surface area contributed by atoms with E-state index < -0.39 is 0 Å². The van der Waals surface area contributed by atoms with E-state index in [2.05, 4.69) is 12.1 Å². The molecule has 4 nitrogen and oxygen atoms in total. The van der Waals surface area contributed by atoms with Crippen LogP contribution in [0.15, 0.2) is 5.16 Å². The second-order valence-electron chi connectivity index (χ2n) is 3.05. The van der Waals surface area contributed by atoms with Crippen LogP contribution in [0.1, 0.15) is 39.5 Å². The van der Waals surface area contributed by atoms with Gasteiger partial charge in [0.25, 0.3) is 0 Å². The molecule has 0 radical (unpaired) electrons. The minimum atomic E-state index is 0.0856. The highest BCUT2D eigenvalue weighted by atomic mass is 16.5. The Labute approximate surface area is 79.8 Å². The molecule has 0 aliphatic heterocycles. The molecule has 0 saturated heterocycles. The Balaban J connectivity index is 3.63. The summed E-state index contributed by atoms with van der Waals surface area (Å²) in [5.74, 6) is 0.239. The number of hydrogen-bond acceptors (Lipinski definition) is 3. The van der Waals surface area contributed by atoms with Gasteiger partial charge in [-0.25, -0.2) is 0 Å². The van der Waals surface area contributed by atoms with Gasteiger partial charge in [0.1, 0.15) is 5.84 Å². The summed E-state index contributed by atoms with van der Waals surface area (Å²) in [5.41, 5.74) is 5.37. The van der Waals surface area contributed by atoms with Gasteiger partial charge < -0.3 is 15.7 Å². The SMILES string of the molecule is CCCCOC(CC)C/C(N)=N/O. The van der Waals surface area contributed by atoms with E-state index in [-0.39, 0.29) is 11.9 Å². The Kier molecular flexibility index (Phi) is 7.39. The smallest absolute Gasteiger partial charge is 0.141 e. The van der Waals surface area contributed by atoms with Gasteiger partial charge in [0.2, 0.25) is 0 Å². The lowest BCUT2D eigenvalue weighted by Crippen LogP contribution is -2.22. The average molecular weight is 188 g/mol. The lowest BCUT2D eigenvalue weighted by molar-refractivity contribution is 0.0532.